The Labute approximate surface area is 134 Å². The fourth-order valence-corrected chi connectivity index (χ4v) is 2.50. The number of hydrogen-bond donors (Lipinski definition) is 1. The van der Waals surface area contributed by atoms with Crippen molar-refractivity contribution >= 4 is 21.5 Å². The number of para-hydroxylation sites is 1. The highest BCUT2D eigenvalue weighted by atomic mass is 32.2. The lowest BCUT2D eigenvalue weighted by Gasteiger charge is -2.14. The summed E-state index contributed by atoms with van der Waals surface area (Å²) in [4.78, 5) is 12.3. The fourth-order valence-electron chi connectivity index (χ4n) is 1.94. The average Bonchev–Trinajstić information content (AvgIpc) is 2.48. The summed E-state index contributed by atoms with van der Waals surface area (Å²) in [6, 6.07) is 11.8. The largest absolute Gasteiger partial charge is 0.479 e. The molecule has 23 heavy (non-hydrogen) atoms. The summed E-state index contributed by atoms with van der Waals surface area (Å²) in [5.74, 6) is -0.872. The molecule has 0 radical (unpaired) electrons. The van der Waals surface area contributed by atoms with Crippen molar-refractivity contribution in [1.82, 2.24) is 0 Å². The number of sulfonamides is 1. The number of Topliss-reactive ketones (excluding diaryl/α,β-unsaturated/α-hetero) is 1. The molecule has 1 atom stereocenters. The second-order valence-corrected chi connectivity index (χ2v) is 6.75. The van der Waals surface area contributed by atoms with Crippen molar-refractivity contribution in [2.24, 2.45) is 0 Å². The van der Waals surface area contributed by atoms with Crippen LogP contribution in [0.2, 0.25) is 0 Å². The Morgan fingerprint density at radius 3 is 2.30 bits per heavy atom. The lowest BCUT2D eigenvalue weighted by Crippen LogP contribution is -2.24. The molecule has 0 unspecified atom stereocenters. The van der Waals surface area contributed by atoms with Crippen molar-refractivity contribution in [3.63, 3.8) is 0 Å². The van der Waals surface area contributed by atoms with Gasteiger partial charge in [0.1, 0.15) is 0 Å². The number of carbonyl (C=O) groups excluding carboxylic acids is 1. The van der Waals surface area contributed by atoms with E-state index in [1.165, 1.54) is 49.4 Å². The van der Waals surface area contributed by atoms with E-state index in [9.17, 15) is 17.6 Å². The number of ether oxygens (including phenoxy) is 1. The number of anilines is 1. The molecule has 2 aromatic rings. The highest BCUT2D eigenvalue weighted by molar-refractivity contribution is 7.92. The molecule has 0 aliphatic carbocycles. The lowest BCUT2D eigenvalue weighted by molar-refractivity contribution is 0.0812. The molecule has 122 valence electrons. The van der Waals surface area contributed by atoms with Crippen molar-refractivity contribution < 1.29 is 22.3 Å². The molecule has 0 aliphatic heterocycles. The molecule has 1 N–H and O–H groups in total. The highest BCUT2D eigenvalue weighted by Crippen LogP contribution is 2.19. The standard InChI is InChI=1S/C16H16FNO4S/c1-11(22-15-6-4-3-5-14(15)17)16(19)12-7-9-13(10-8-12)18-23(2,20)21/h3-11,18H,1-2H3/t11-/m1/s1. The topological polar surface area (TPSA) is 72.5 Å². The predicted molar refractivity (Wildman–Crippen MR) is 85.7 cm³/mol. The quantitative estimate of drug-likeness (QED) is 0.823. The zero-order valence-corrected chi connectivity index (χ0v) is 13.4. The van der Waals surface area contributed by atoms with Gasteiger partial charge in [0.15, 0.2) is 17.7 Å². The minimum absolute atomic E-state index is 0.00344. The van der Waals surface area contributed by atoms with Gasteiger partial charge in [-0.15, -0.1) is 0 Å². The van der Waals surface area contributed by atoms with Gasteiger partial charge in [-0.05, 0) is 43.3 Å². The summed E-state index contributed by atoms with van der Waals surface area (Å²) >= 11 is 0. The average molecular weight is 337 g/mol. The fraction of sp³-hybridized carbons (Fsp3) is 0.188. The second kappa shape index (κ2) is 6.78. The zero-order chi connectivity index (χ0) is 17.0. The molecule has 0 bridgehead atoms. The van der Waals surface area contributed by atoms with Gasteiger partial charge in [-0.25, -0.2) is 12.8 Å². The summed E-state index contributed by atoms with van der Waals surface area (Å²) < 4.78 is 43.4. The molecule has 0 saturated heterocycles. The van der Waals surface area contributed by atoms with Crippen molar-refractivity contribution in [3.05, 3.63) is 59.9 Å². The number of ketones is 1. The monoisotopic (exact) mass is 337 g/mol. The van der Waals surface area contributed by atoms with Gasteiger partial charge >= 0.3 is 0 Å². The number of nitrogens with one attached hydrogen (secondary N) is 1. The molecule has 7 heteroatoms. The maximum Gasteiger partial charge on any atom is 0.229 e. The molecule has 0 fully saturated rings. The van der Waals surface area contributed by atoms with Crippen LogP contribution in [0.4, 0.5) is 10.1 Å². The Morgan fingerprint density at radius 1 is 1.13 bits per heavy atom. The summed E-state index contributed by atoms with van der Waals surface area (Å²) in [6.07, 6.45) is 0.164. The van der Waals surface area contributed by atoms with Gasteiger partial charge in [0.05, 0.1) is 6.26 Å². The third-order valence-corrected chi connectivity index (χ3v) is 3.59. The van der Waals surface area contributed by atoms with Crippen LogP contribution in [-0.4, -0.2) is 26.6 Å². The van der Waals surface area contributed by atoms with E-state index >= 15 is 0 Å². The number of hydrogen-bond acceptors (Lipinski definition) is 4. The maximum atomic E-state index is 13.5. The van der Waals surface area contributed by atoms with Crippen molar-refractivity contribution in [2.45, 2.75) is 13.0 Å². The van der Waals surface area contributed by atoms with Crippen LogP contribution >= 0.6 is 0 Å². The molecule has 0 amide bonds. The molecular weight excluding hydrogens is 321 g/mol. The minimum Gasteiger partial charge on any atom is -0.479 e. The normalized spacial score (nSPS) is 12.5. The Hall–Kier alpha value is -2.41. The van der Waals surface area contributed by atoms with E-state index in [4.69, 9.17) is 4.74 Å². The first-order chi connectivity index (χ1) is 10.8. The number of halogens is 1. The second-order valence-electron chi connectivity index (χ2n) is 5.01. The smallest absolute Gasteiger partial charge is 0.229 e. The summed E-state index contributed by atoms with van der Waals surface area (Å²) in [7, 11) is -3.37. The first-order valence-corrected chi connectivity index (χ1v) is 8.68. The van der Waals surface area contributed by atoms with E-state index in [1.54, 1.807) is 6.07 Å². The first kappa shape index (κ1) is 17.0. The van der Waals surface area contributed by atoms with E-state index in [1.807, 2.05) is 0 Å². The number of rotatable bonds is 6. The molecule has 0 aliphatic rings. The van der Waals surface area contributed by atoms with Gasteiger partial charge in [0, 0.05) is 11.3 Å². The van der Waals surface area contributed by atoms with Crippen LogP contribution in [0.1, 0.15) is 17.3 Å². The highest BCUT2D eigenvalue weighted by Gasteiger charge is 2.18. The Balaban J connectivity index is 2.09. The Kier molecular flexibility index (Phi) is 5.00. The van der Waals surface area contributed by atoms with Crippen LogP contribution in [0.25, 0.3) is 0 Å². The SMILES string of the molecule is C[C@@H](Oc1ccccc1F)C(=O)c1ccc(NS(C)(=O)=O)cc1. The third-order valence-electron chi connectivity index (χ3n) is 2.98. The maximum absolute atomic E-state index is 13.5. The van der Waals surface area contributed by atoms with Crippen LogP contribution in [0.3, 0.4) is 0 Å². The molecule has 0 saturated carbocycles. The van der Waals surface area contributed by atoms with Gasteiger partial charge in [0.25, 0.3) is 0 Å². The first-order valence-electron chi connectivity index (χ1n) is 6.79. The van der Waals surface area contributed by atoms with Crippen molar-refractivity contribution in [1.29, 1.82) is 0 Å². The summed E-state index contributed by atoms with van der Waals surface area (Å²) in [6.45, 7) is 1.53. The molecule has 0 heterocycles. The number of carbonyl (C=O) groups is 1. The molecule has 2 rings (SSSR count). The van der Waals surface area contributed by atoms with Crippen molar-refractivity contribution in [2.75, 3.05) is 11.0 Å². The van der Waals surface area contributed by atoms with Gasteiger partial charge in [0.2, 0.25) is 15.8 Å². The zero-order valence-electron chi connectivity index (χ0n) is 12.6. The van der Waals surface area contributed by atoms with E-state index in [2.05, 4.69) is 4.72 Å². The van der Waals surface area contributed by atoms with Crippen LogP contribution in [-0.2, 0) is 10.0 Å². The van der Waals surface area contributed by atoms with Gasteiger partial charge in [-0.2, -0.15) is 0 Å². The van der Waals surface area contributed by atoms with Gasteiger partial charge < -0.3 is 4.74 Å². The summed E-state index contributed by atoms with van der Waals surface area (Å²) in [5.41, 5.74) is 0.694. The van der Waals surface area contributed by atoms with Gasteiger partial charge in [-0.3, -0.25) is 9.52 Å². The molecule has 0 aromatic heterocycles. The minimum atomic E-state index is -3.37. The Bertz CT molecular complexity index is 803. The Morgan fingerprint density at radius 2 is 1.74 bits per heavy atom. The van der Waals surface area contributed by atoms with E-state index in [0.29, 0.717) is 11.3 Å². The third kappa shape index (κ3) is 4.79. The van der Waals surface area contributed by atoms with Crippen LogP contribution in [0.15, 0.2) is 48.5 Å². The lowest BCUT2D eigenvalue weighted by atomic mass is 10.1. The van der Waals surface area contributed by atoms with Crippen LogP contribution < -0.4 is 9.46 Å². The summed E-state index contributed by atoms with van der Waals surface area (Å²) in [5, 5.41) is 0. The number of benzene rings is 2. The van der Waals surface area contributed by atoms with Crippen LogP contribution in [0, 0.1) is 5.82 Å². The molecular formula is C16H16FNO4S. The predicted octanol–water partition coefficient (Wildman–Crippen LogP) is 2.85. The molecule has 2 aromatic carbocycles. The van der Waals surface area contributed by atoms with Gasteiger partial charge in [-0.1, -0.05) is 12.1 Å². The molecule has 5 nitrogen and oxygen atoms in total. The van der Waals surface area contributed by atoms with E-state index in [0.717, 1.165) is 6.26 Å². The van der Waals surface area contributed by atoms with Crippen LogP contribution in [0.5, 0.6) is 5.75 Å². The van der Waals surface area contributed by atoms with E-state index in [-0.39, 0.29) is 11.5 Å². The van der Waals surface area contributed by atoms with Crippen molar-refractivity contribution in [3.8, 4) is 5.75 Å². The van der Waals surface area contributed by atoms with E-state index < -0.39 is 21.9 Å². The molecule has 0 spiro atoms.